The normalized spacial score (nSPS) is 9.25. The van der Waals surface area contributed by atoms with Gasteiger partial charge in [0, 0.05) is 5.56 Å². The maximum atomic E-state index is 10.9. The first-order chi connectivity index (χ1) is 7.54. The van der Waals surface area contributed by atoms with E-state index in [1.165, 1.54) is 12.7 Å². The quantitative estimate of drug-likeness (QED) is 0.532. The van der Waals surface area contributed by atoms with Crippen molar-refractivity contribution in [1.82, 2.24) is 0 Å². The zero-order chi connectivity index (χ0) is 12.1. The molecule has 0 radical (unpaired) electrons. The zero-order valence-corrected chi connectivity index (χ0v) is 10.2. The number of ether oxygens (including phenoxy) is 1. The molecule has 0 aliphatic carbocycles. The number of rotatable bonds is 1. The van der Waals surface area contributed by atoms with Crippen LogP contribution in [-0.2, 0) is 9.53 Å². The van der Waals surface area contributed by atoms with E-state index < -0.39 is 0 Å². The molecule has 0 aliphatic rings. The van der Waals surface area contributed by atoms with Crippen molar-refractivity contribution >= 4 is 5.97 Å². The molecule has 0 saturated carbocycles. The standard InChI is InChI=1S/C14H16O2/c1-10-8-11(2)13(12(3)9-10)6-5-7-14(15)16-4/h8-9H,7H2,1-4H3. The molecule has 0 aromatic heterocycles. The Kier molecular flexibility index (Phi) is 4.13. The molecule has 2 nitrogen and oxygen atoms in total. The predicted molar refractivity (Wildman–Crippen MR) is 64.2 cm³/mol. The Bertz CT molecular complexity index is 438. The van der Waals surface area contributed by atoms with Crippen LogP contribution >= 0.6 is 0 Å². The maximum Gasteiger partial charge on any atom is 0.317 e. The van der Waals surface area contributed by atoms with E-state index in [4.69, 9.17) is 0 Å². The molecule has 0 saturated heterocycles. The third-order valence-corrected chi connectivity index (χ3v) is 2.35. The SMILES string of the molecule is COC(=O)CC#Cc1c(C)cc(C)cc1C. The number of esters is 1. The largest absolute Gasteiger partial charge is 0.468 e. The highest BCUT2D eigenvalue weighted by atomic mass is 16.5. The number of methoxy groups -OCH3 is 1. The second-order valence-electron chi connectivity index (χ2n) is 3.83. The molecule has 16 heavy (non-hydrogen) atoms. The predicted octanol–water partition coefficient (Wildman–Crippen LogP) is 2.53. The lowest BCUT2D eigenvalue weighted by molar-refractivity contribution is -0.139. The molecule has 0 bridgehead atoms. The van der Waals surface area contributed by atoms with Crippen LogP contribution in [0.1, 0.15) is 28.7 Å². The lowest BCUT2D eigenvalue weighted by Gasteiger charge is -2.04. The van der Waals surface area contributed by atoms with Gasteiger partial charge in [0.25, 0.3) is 0 Å². The fourth-order valence-corrected chi connectivity index (χ4v) is 1.65. The van der Waals surface area contributed by atoms with E-state index >= 15 is 0 Å². The topological polar surface area (TPSA) is 26.3 Å². The van der Waals surface area contributed by atoms with Gasteiger partial charge in [0.15, 0.2) is 0 Å². The molecule has 84 valence electrons. The highest BCUT2D eigenvalue weighted by Crippen LogP contribution is 2.14. The Balaban J connectivity index is 2.93. The summed E-state index contributed by atoms with van der Waals surface area (Å²) in [6.45, 7) is 6.12. The number of aryl methyl sites for hydroxylation is 3. The van der Waals surface area contributed by atoms with Crippen molar-refractivity contribution in [1.29, 1.82) is 0 Å². The van der Waals surface area contributed by atoms with E-state index in [1.807, 2.05) is 13.8 Å². The average Bonchev–Trinajstić information content (AvgIpc) is 2.21. The molecule has 2 heteroatoms. The van der Waals surface area contributed by atoms with Gasteiger partial charge in [-0.3, -0.25) is 4.79 Å². The van der Waals surface area contributed by atoms with Gasteiger partial charge in [0.05, 0.1) is 7.11 Å². The summed E-state index contributed by atoms with van der Waals surface area (Å²) in [6.07, 6.45) is 0.142. The molecule has 0 atom stereocenters. The van der Waals surface area contributed by atoms with Gasteiger partial charge in [-0.25, -0.2) is 0 Å². The Morgan fingerprint density at radius 1 is 1.25 bits per heavy atom. The maximum absolute atomic E-state index is 10.9. The van der Waals surface area contributed by atoms with Gasteiger partial charge in [-0.1, -0.05) is 29.5 Å². The number of carbonyl (C=O) groups is 1. The van der Waals surface area contributed by atoms with Crippen LogP contribution in [0, 0.1) is 32.6 Å². The van der Waals surface area contributed by atoms with Crippen LogP contribution in [0.2, 0.25) is 0 Å². The van der Waals surface area contributed by atoms with Crippen LogP contribution in [0.4, 0.5) is 0 Å². The summed E-state index contributed by atoms with van der Waals surface area (Å²) in [5.41, 5.74) is 4.53. The minimum absolute atomic E-state index is 0.142. The summed E-state index contributed by atoms with van der Waals surface area (Å²) in [5, 5.41) is 0. The summed E-state index contributed by atoms with van der Waals surface area (Å²) in [4.78, 5) is 10.9. The molecular weight excluding hydrogens is 200 g/mol. The van der Waals surface area contributed by atoms with Gasteiger partial charge in [-0.15, -0.1) is 0 Å². The zero-order valence-electron chi connectivity index (χ0n) is 10.2. The van der Waals surface area contributed by atoms with Crippen LogP contribution in [0.5, 0.6) is 0 Å². The highest BCUT2D eigenvalue weighted by Gasteiger charge is 2.00. The number of benzene rings is 1. The molecule has 0 spiro atoms. The van der Waals surface area contributed by atoms with Gasteiger partial charge < -0.3 is 4.74 Å². The fraction of sp³-hybridized carbons (Fsp3) is 0.357. The van der Waals surface area contributed by atoms with Gasteiger partial charge in [0.2, 0.25) is 0 Å². The fourth-order valence-electron chi connectivity index (χ4n) is 1.65. The first kappa shape index (κ1) is 12.3. The van der Waals surface area contributed by atoms with Crippen LogP contribution < -0.4 is 0 Å². The Morgan fingerprint density at radius 2 is 1.81 bits per heavy atom. The van der Waals surface area contributed by atoms with Gasteiger partial charge in [-0.2, -0.15) is 0 Å². The van der Waals surface area contributed by atoms with E-state index in [0.717, 1.165) is 16.7 Å². The molecule has 0 fully saturated rings. The van der Waals surface area contributed by atoms with Crippen molar-refractivity contribution in [2.45, 2.75) is 27.2 Å². The lowest BCUT2D eigenvalue weighted by Crippen LogP contribution is -1.97. The van der Waals surface area contributed by atoms with Crippen molar-refractivity contribution in [2.75, 3.05) is 7.11 Å². The average molecular weight is 216 g/mol. The van der Waals surface area contributed by atoms with Crippen molar-refractivity contribution < 1.29 is 9.53 Å². The van der Waals surface area contributed by atoms with Gasteiger partial charge in [0.1, 0.15) is 6.42 Å². The monoisotopic (exact) mass is 216 g/mol. The van der Waals surface area contributed by atoms with E-state index in [1.54, 1.807) is 0 Å². The summed E-state index contributed by atoms with van der Waals surface area (Å²) >= 11 is 0. The second-order valence-corrected chi connectivity index (χ2v) is 3.83. The second kappa shape index (κ2) is 5.37. The summed E-state index contributed by atoms with van der Waals surface area (Å²) in [5.74, 6) is 5.56. The molecule has 0 unspecified atom stereocenters. The number of hydrogen-bond donors (Lipinski definition) is 0. The summed E-state index contributed by atoms with van der Waals surface area (Å²) in [6, 6.07) is 4.18. The molecule has 1 aromatic rings. The minimum atomic E-state index is -0.296. The Morgan fingerprint density at radius 3 is 2.31 bits per heavy atom. The Labute approximate surface area is 96.6 Å². The lowest BCUT2D eigenvalue weighted by atomic mass is 10.0. The molecular formula is C14H16O2. The molecule has 0 N–H and O–H groups in total. The van der Waals surface area contributed by atoms with Crippen molar-refractivity contribution in [3.8, 4) is 11.8 Å². The number of hydrogen-bond acceptors (Lipinski definition) is 2. The highest BCUT2D eigenvalue weighted by molar-refractivity contribution is 5.72. The third kappa shape index (κ3) is 3.13. The molecule has 0 heterocycles. The van der Waals surface area contributed by atoms with Crippen LogP contribution in [-0.4, -0.2) is 13.1 Å². The first-order valence-electron chi connectivity index (χ1n) is 5.18. The van der Waals surface area contributed by atoms with E-state index in [0.29, 0.717) is 0 Å². The molecule has 0 aliphatic heterocycles. The Hall–Kier alpha value is -1.75. The van der Waals surface area contributed by atoms with Crippen LogP contribution in [0.3, 0.4) is 0 Å². The van der Waals surface area contributed by atoms with E-state index in [-0.39, 0.29) is 12.4 Å². The van der Waals surface area contributed by atoms with Crippen LogP contribution in [0.25, 0.3) is 0 Å². The smallest absolute Gasteiger partial charge is 0.317 e. The van der Waals surface area contributed by atoms with Crippen LogP contribution in [0.15, 0.2) is 12.1 Å². The van der Waals surface area contributed by atoms with Gasteiger partial charge >= 0.3 is 5.97 Å². The molecule has 0 amide bonds. The van der Waals surface area contributed by atoms with Crippen molar-refractivity contribution in [3.05, 3.63) is 34.4 Å². The van der Waals surface area contributed by atoms with E-state index in [9.17, 15) is 4.79 Å². The molecule has 1 rings (SSSR count). The third-order valence-electron chi connectivity index (χ3n) is 2.35. The first-order valence-corrected chi connectivity index (χ1v) is 5.18. The van der Waals surface area contributed by atoms with Gasteiger partial charge in [-0.05, 0) is 31.9 Å². The summed E-state index contributed by atoms with van der Waals surface area (Å²) in [7, 11) is 1.37. The van der Waals surface area contributed by atoms with Crippen molar-refractivity contribution in [2.24, 2.45) is 0 Å². The minimum Gasteiger partial charge on any atom is -0.468 e. The molecule has 1 aromatic carbocycles. The summed E-state index contributed by atoms with van der Waals surface area (Å²) < 4.78 is 4.53. The van der Waals surface area contributed by atoms with E-state index in [2.05, 4.69) is 35.6 Å². The van der Waals surface area contributed by atoms with Crippen molar-refractivity contribution in [3.63, 3.8) is 0 Å². The number of carbonyl (C=O) groups excluding carboxylic acids is 1.